The first kappa shape index (κ1) is 11.0. The molecule has 14 heavy (non-hydrogen) atoms. The van der Waals surface area contributed by atoms with Gasteiger partial charge in [0.15, 0.2) is 0 Å². The molecular formula is C10H7Cl2NO. The van der Waals surface area contributed by atoms with Crippen molar-refractivity contribution in [3.05, 3.63) is 34.3 Å². The predicted molar refractivity (Wildman–Crippen MR) is 55.6 cm³/mol. The molecule has 0 radical (unpaired) electrons. The van der Waals surface area contributed by atoms with Gasteiger partial charge in [-0.3, -0.25) is 0 Å². The summed E-state index contributed by atoms with van der Waals surface area (Å²) in [5.74, 6) is 0. The third-order valence-electron chi connectivity index (χ3n) is 1.74. The molecule has 0 aliphatic carbocycles. The number of alkyl halides is 1. The molecule has 0 bridgehead atoms. The third kappa shape index (κ3) is 2.73. The van der Waals surface area contributed by atoms with Gasteiger partial charge in [0.05, 0.1) is 17.0 Å². The van der Waals surface area contributed by atoms with Gasteiger partial charge in [-0.25, -0.2) is 0 Å². The summed E-state index contributed by atoms with van der Waals surface area (Å²) in [7, 11) is 0. The van der Waals surface area contributed by atoms with E-state index in [2.05, 4.69) is 0 Å². The lowest BCUT2D eigenvalue weighted by Gasteiger charge is -2.04. The van der Waals surface area contributed by atoms with Crippen molar-refractivity contribution < 1.29 is 4.79 Å². The van der Waals surface area contributed by atoms with E-state index in [9.17, 15) is 4.79 Å². The molecule has 0 aliphatic heterocycles. The molecule has 1 aromatic rings. The number of nitriles is 1. The molecule has 0 spiro atoms. The van der Waals surface area contributed by atoms with Gasteiger partial charge in [0.1, 0.15) is 6.29 Å². The summed E-state index contributed by atoms with van der Waals surface area (Å²) >= 11 is 11.5. The maximum atomic E-state index is 10.3. The maximum Gasteiger partial charge on any atom is 0.138 e. The quantitative estimate of drug-likeness (QED) is 0.589. The SMILES string of the molecule is N#Cc1ccc(CC(Cl)C=O)c(Cl)c1. The number of benzene rings is 1. The van der Waals surface area contributed by atoms with Crippen LogP contribution >= 0.6 is 23.2 Å². The van der Waals surface area contributed by atoms with Gasteiger partial charge in [-0.05, 0) is 24.1 Å². The Morgan fingerprint density at radius 2 is 2.29 bits per heavy atom. The highest BCUT2D eigenvalue weighted by Crippen LogP contribution is 2.19. The zero-order valence-corrected chi connectivity index (χ0v) is 8.72. The summed E-state index contributed by atoms with van der Waals surface area (Å²) in [5.41, 5.74) is 1.27. The Hall–Kier alpha value is -1.04. The zero-order chi connectivity index (χ0) is 10.6. The number of carbonyl (C=O) groups excluding carboxylic acids is 1. The molecule has 72 valence electrons. The van der Waals surface area contributed by atoms with E-state index in [1.807, 2.05) is 6.07 Å². The van der Waals surface area contributed by atoms with Gasteiger partial charge in [-0.15, -0.1) is 11.6 Å². The molecular weight excluding hydrogens is 221 g/mol. The van der Waals surface area contributed by atoms with E-state index in [1.165, 1.54) is 0 Å². The molecule has 0 aliphatic rings. The Balaban J connectivity index is 2.90. The van der Waals surface area contributed by atoms with E-state index in [0.29, 0.717) is 23.3 Å². The van der Waals surface area contributed by atoms with Crippen LogP contribution in [0.1, 0.15) is 11.1 Å². The molecule has 0 saturated carbocycles. The lowest BCUT2D eigenvalue weighted by molar-refractivity contribution is -0.107. The second-order valence-corrected chi connectivity index (χ2v) is 3.74. The van der Waals surface area contributed by atoms with Crippen molar-refractivity contribution in [2.24, 2.45) is 0 Å². The molecule has 1 atom stereocenters. The largest absolute Gasteiger partial charge is 0.302 e. The normalized spacial score (nSPS) is 11.8. The molecule has 2 nitrogen and oxygen atoms in total. The monoisotopic (exact) mass is 227 g/mol. The number of hydrogen-bond donors (Lipinski definition) is 0. The number of carbonyl (C=O) groups is 1. The van der Waals surface area contributed by atoms with Crippen LogP contribution in [0.15, 0.2) is 18.2 Å². The number of hydrogen-bond acceptors (Lipinski definition) is 2. The number of rotatable bonds is 3. The summed E-state index contributed by atoms with van der Waals surface area (Å²) in [5, 5.41) is 8.49. The average molecular weight is 228 g/mol. The van der Waals surface area contributed by atoms with Crippen LogP contribution in [-0.2, 0) is 11.2 Å². The predicted octanol–water partition coefficient (Wildman–Crippen LogP) is 2.56. The fourth-order valence-electron chi connectivity index (χ4n) is 1.04. The van der Waals surface area contributed by atoms with Crippen molar-refractivity contribution in [2.45, 2.75) is 11.8 Å². The first-order valence-corrected chi connectivity index (χ1v) is 4.76. The minimum atomic E-state index is -0.569. The van der Waals surface area contributed by atoms with E-state index in [-0.39, 0.29) is 0 Å². The van der Waals surface area contributed by atoms with Crippen LogP contribution in [0, 0.1) is 11.3 Å². The topological polar surface area (TPSA) is 40.9 Å². The molecule has 0 N–H and O–H groups in total. The van der Waals surface area contributed by atoms with Crippen molar-refractivity contribution in [3.63, 3.8) is 0 Å². The fourth-order valence-corrected chi connectivity index (χ4v) is 1.46. The van der Waals surface area contributed by atoms with Gasteiger partial charge < -0.3 is 4.79 Å². The minimum Gasteiger partial charge on any atom is -0.302 e. The molecule has 1 aromatic carbocycles. The van der Waals surface area contributed by atoms with Crippen molar-refractivity contribution in [3.8, 4) is 6.07 Å². The third-order valence-corrected chi connectivity index (χ3v) is 2.35. The molecule has 0 fully saturated rings. The Morgan fingerprint density at radius 3 is 2.79 bits per heavy atom. The summed E-state index contributed by atoms with van der Waals surface area (Å²) in [6, 6.07) is 6.89. The molecule has 0 aromatic heterocycles. The molecule has 0 heterocycles. The number of aldehydes is 1. The summed E-state index contributed by atoms with van der Waals surface area (Å²) in [6.07, 6.45) is 1.05. The van der Waals surface area contributed by atoms with Crippen LogP contribution in [0.25, 0.3) is 0 Å². The zero-order valence-electron chi connectivity index (χ0n) is 7.21. The van der Waals surface area contributed by atoms with E-state index in [4.69, 9.17) is 28.5 Å². The second kappa shape index (κ2) is 4.99. The molecule has 1 unspecified atom stereocenters. The summed E-state index contributed by atoms with van der Waals surface area (Å²) in [4.78, 5) is 10.3. The first-order valence-electron chi connectivity index (χ1n) is 3.95. The standard InChI is InChI=1S/C10H7Cl2NO/c11-9(6-14)4-8-2-1-7(5-13)3-10(8)12/h1-3,6,9H,4H2. The van der Waals surface area contributed by atoms with E-state index < -0.39 is 5.38 Å². The number of halogens is 2. The highest BCUT2D eigenvalue weighted by atomic mass is 35.5. The highest BCUT2D eigenvalue weighted by molar-refractivity contribution is 6.32. The molecule has 4 heteroatoms. The first-order chi connectivity index (χ1) is 6.67. The molecule has 0 saturated heterocycles. The van der Waals surface area contributed by atoms with Crippen molar-refractivity contribution in [1.82, 2.24) is 0 Å². The van der Waals surface area contributed by atoms with Crippen LogP contribution in [-0.4, -0.2) is 11.7 Å². The van der Waals surface area contributed by atoms with E-state index in [0.717, 1.165) is 5.56 Å². The van der Waals surface area contributed by atoms with Crippen LogP contribution in [0.5, 0.6) is 0 Å². The summed E-state index contributed by atoms with van der Waals surface area (Å²) in [6.45, 7) is 0. The maximum absolute atomic E-state index is 10.3. The lowest BCUT2D eigenvalue weighted by atomic mass is 10.1. The van der Waals surface area contributed by atoms with Gasteiger partial charge in [0.25, 0.3) is 0 Å². The Morgan fingerprint density at radius 1 is 1.57 bits per heavy atom. The van der Waals surface area contributed by atoms with Crippen LogP contribution in [0.3, 0.4) is 0 Å². The Kier molecular flexibility index (Phi) is 3.94. The molecule has 1 rings (SSSR count). The van der Waals surface area contributed by atoms with Gasteiger partial charge in [0, 0.05) is 5.02 Å². The molecule has 0 amide bonds. The summed E-state index contributed by atoms with van der Waals surface area (Å²) < 4.78 is 0. The highest BCUT2D eigenvalue weighted by Gasteiger charge is 2.07. The van der Waals surface area contributed by atoms with E-state index in [1.54, 1.807) is 18.2 Å². The van der Waals surface area contributed by atoms with Gasteiger partial charge in [-0.2, -0.15) is 5.26 Å². The van der Waals surface area contributed by atoms with E-state index >= 15 is 0 Å². The lowest BCUT2D eigenvalue weighted by Crippen LogP contribution is -2.04. The van der Waals surface area contributed by atoms with Crippen molar-refractivity contribution in [1.29, 1.82) is 5.26 Å². The Labute approximate surface area is 92.1 Å². The fraction of sp³-hybridized carbons (Fsp3) is 0.200. The van der Waals surface area contributed by atoms with Crippen molar-refractivity contribution in [2.75, 3.05) is 0 Å². The van der Waals surface area contributed by atoms with Crippen LogP contribution < -0.4 is 0 Å². The second-order valence-electron chi connectivity index (χ2n) is 2.77. The average Bonchev–Trinajstić information content (AvgIpc) is 2.20. The minimum absolute atomic E-state index is 0.385. The smallest absolute Gasteiger partial charge is 0.138 e. The number of nitrogens with zero attached hydrogens (tertiary/aromatic N) is 1. The van der Waals surface area contributed by atoms with Crippen LogP contribution in [0.2, 0.25) is 5.02 Å². The van der Waals surface area contributed by atoms with Crippen molar-refractivity contribution >= 4 is 29.5 Å². The van der Waals surface area contributed by atoms with Gasteiger partial charge >= 0.3 is 0 Å². The Bertz CT molecular complexity index is 384. The van der Waals surface area contributed by atoms with Gasteiger partial charge in [-0.1, -0.05) is 17.7 Å². The van der Waals surface area contributed by atoms with Crippen LogP contribution in [0.4, 0.5) is 0 Å². The van der Waals surface area contributed by atoms with Gasteiger partial charge in [0.2, 0.25) is 0 Å².